The van der Waals surface area contributed by atoms with Crippen molar-refractivity contribution >= 4 is 12.0 Å². The molecule has 1 heterocycles. The fourth-order valence-electron chi connectivity index (χ4n) is 2.44. The molecule has 0 atom stereocenters. The molecule has 0 aliphatic carbocycles. The predicted octanol–water partition coefficient (Wildman–Crippen LogP) is 3.20. The van der Waals surface area contributed by atoms with E-state index in [9.17, 15) is 4.79 Å². The number of rotatable bonds is 8. The van der Waals surface area contributed by atoms with Gasteiger partial charge in [-0.2, -0.15) is 0 Å². The summed E-state index contributed by atoms with van der Waals surface area (Å²) >= 11 is 0. The first kappa shape index (κ1) is 18.5. The Labute approximate surface area is 148 Å². The lowest BCUT2D eigenvalue weighted by Gasteiger charge is -2.15. The summed E-state index contributed by atoms with van der Waals surface area (Å²) in [6, 6.07) is 9.65. The molecule has 132 valence electrons. The van der Waals surface area contributed by atoms with E-state index in [0.29, 0.717) is 6.54 Å². The molecule has 0 saturated carbocycles. The summed E-state index contributed by atoms with van der Waals surface area (Å²) in [5.74, 6) is 1.43. The highest BCUT2D eigenvalue weighted by Gasteiger charge is 2.07. The largest absolute Gasteiger partial charge is 0.493 e. The van der Waals surface area contributed by atoms with Crippen LogP contribution in [-0.2, 0) is 11.2 Å². The number of carbonyl (C=O) groups excluding carboxylic acids is 1. The zero-order valence-corrected chi connectivity index (χ0v) is 14.9. The number of aryl methyl sites for hydroxylation is 1. The Morgan fingerprint density at radius 2 is 2.00 bits per heavy atom. The lowest BCUT2D eigenvalue weighted by Crippen LogP contribution is -2.26. The zero-order valence-electron chi connectivity index (χ0n) is 14.9. The quantitative estimate of drug-likeness (QED) is 0.693. The maximum Gasteiger partial charge on any atom is 0.246 e. The summed E-state index contributed by atoms with van der Waals surface area (Å²) in [7, 11) is 5.06. The SMILES string of the molecule is COc1ccc(CCCN(C)C(=O)/C=C/c2cccnc2)cc1OC. The second-order valence-corrected chi connectivity index (χ2v) is 5.67. The van der Waals surface area contributed by atoms with Crippen LogP contribution >= 0.6 is 0 Å². The van der Waals surface area contributed by atoms with E-state index in [1.165, 1.54) is 0 Å². The van der Waals surface area contributed by atoms with Gasteiger partial charge in [0.05, 0.1) is 14.2 Å². The number of carbonyl (C=O) groups is 1. The van der Waals surface area contributed by atoms with Crippen molar-refractivity contribution in [3.63, 3.8) is 0 Å². The normalized spacial score (nSPS) is 10.7. The maximum absolute atomic E-state index is 12.1. The molecule has 2 aromatic rings. The van der Waals surface area contributed by atoms with E-state index < -0.39 is 0 Å². The van der Waals surface area contributed by atoms with Gasteiger partial charge in [-0.3, -0.25) is 9.78 Å². The van der Waals surface area contributed by atoms with Gasteiger partial charge >= 0.3 is 0 Å². The molecule has 0 N–H and O–H groups in total. The number of benzene rings is 1. The van der Waals surface area contributed by atoms with Crippen LogP contribution in [0.2, 0.25) is 0 Å². The van der Waals surface area contributed by atoms with Gasteiger partial charge in [0.25, 0.3) is 0 Å². The maximum atomic E-state index is 12.1. The van der Waals surface area contributed by atoms with Crippen molar-refractivity contribution in [3.05, 3.63) is 59.9 Å². The molecule has 0 aliphatic heterocycles. The number of hydrogen-bond donors (Lipinski definition) is 0. The number of pyridine rings is 1. The minimum Gasteiger partial charge on any atom is -0.493 e. The fourth-order valence-corrected chi connectivity index (χ4v) is 2.44. The Hall–Kier alpha value is -2.82. The van der Waals surface area contributed by atoms with Crippen LogP contribution in [0.5, 0.6) is 11.5 Å². The van der Waals surface area contributed by atoms with E-state index in [0.717, 1.165) is 35.5 Å². The molecule has 0 saturated heterocycles. The second kappa shape index (κ2) is 9.47. The van der Waals surface area contributed by atoms with Gasteiger partial charge in [0.1, 0.15) is 0 Å². The topological polar surface area (TPSA) is 51.7 Å². The molecule has 1 aromatic heterocycles. The van der Waals surface area contributed by atoms with Gasteiger partial charge in [-0.05, 0) is 48.2 Å². The average molecular weight is 340 g/mol. The third-order valence-corrected chi connectivity index (χ3v) is 3.89. The molecule has 0 bridgehead atoms. The van der Waals surface area contributed by atoms with E-state index in [1.54, 1.807) is 43.7 Å². The number of methoxy groups -OCH3 is 2. The third kappa shape index (κ3) is 5.64. The van der Waals surface area contributed by atoms with Gasteiger partial charge in [0, 0.05) is 32.1 Å². The van der Waals surface area contributed by atoms with Crippen molar-refractivity contribution in [1.29, 1.82) is 0 Å². The number of likely N-dealkylation sites (N-methyl/N-ethyl adjacent to an activating group) is 1. The summed E-state index contributed by atoms with van der Waals surface area (Å²) in [6.45, 7) is 0.685. The minimum absolute atomic E-state index is 0.0174. The van der Waals surface area contributed by atoms with Crippen LogP contribution in [0.3, 0.4) is 0 Å². The van der Waals surface area contributed by atoms with Crippen molar-refractivity contribution in [3.8, 4) is 11.5 Å². The van der Waals surface area contributed by atoms with E-state index >= 15 is 0 Å². The standard InChI is InChI=1S/C20H24N2O3/c1-22(20(23)11-9-17-6-4-12-21-15-17)13-5-7-16-8-10-18(24-2)19(14-16)25-3/h4,6,8-12,14-15H,5,7,13H2,1-3H3/b11-9+. The van der Waals surface area contributed by atoms with Gasteiger partial charge < -0.3 is 14.4 Å². The molecule has 1 aromatic carbocycles. The Morgan fingerprint density at radius 1 is 1.20 bits per heavy atom. The van der Waals surface area contributed by atoms with Crippen LogP contribution in [0.15, 0.2) is 48.8 Å². The number of amides is 1. The molecule has 2 rings (SSSR count). The molecular weight excluding hydrogens is 316 g/mol. The van der Waals surface area contributed by atoms with Gasteiger partial charge in [-0.25, -0.2) is 0 Å². The van der Waals surface area contributed by atoms with Crippen LogP contribution in [0, 0.1) is 0 Å². The number of nitrogens with zero attached hydrogens (tertiary/aromatic N) is 2. The summed E-state index contributed by atoms with van der Waals surface area (Å²) < 4.78 is 10.6. The van der Waals surface area contributed by atoms with Crippen LogP contribution in [0.1, 0.15) is 17.5 Å². The Morgan fingerprint density at radius 3 is 2.68 bits per heavy atom. The highest BCUT2D eigenvalue weighted by atomic mass is 16.5. The lowest BCUT2D eigenvalue weighted by molar-refractivity contribution is -0.124. The van der Waals surface area contributed by atoms with Crippen molar-refractivity contribution in [2.45, 2.75) is 12.8 Å². The summed E-state index contributed by atoms with van der Waals surface area (Å²) in [5, 5.41) is 0. The summed E-state index contributed by atoms with van der Waals surface area (Å²) in [6.07, 6.45) is 8.52. The van der Waals surface area contributed by atoms with E-state index in [-0.39, 0.29) is 5.91 Å². The highest BCUT2D eigenvalue weighted by molar-refractivity contribution is 5.91. The number of ether oxygens (including phenoxy) is 2. The van der Waals surface area contributed by atoms with Crippen LogP contribution in [0.25, 0.3) is 6.08 Å². The molecule has 0 aliphatic rings. The Bertz CT molecular complexity index is 714. The first-order valence-electron chi connectivity index (χ1n) is 8.18. The molecule has 0 unspecified atom stereocenters. The molecule has 25 heavy (non-hydrogen) atoms. The fraction of sp³-hybridized carbons (Fsp3) is 0.300. The molecule has 5 nitrogen and oxygen atoms in total. The average Bonchev–Trinajstić information content (AvgIpc) is 2.66. The third-order valence-electron chi connectivity index (χ3n) is 3.89. The molecule has 1 amide bonds. The van der Waals surface area contributed by atoms with E-state index in [2.05, 4.69) is 4.98 Å². The second-order valence-electron chi connectivity index (χ2n) is 5.67. The van der Waals surface area contributed by atoms with Crippen LogP contribution in [0.4, 0.5) is 0 Å². The van der Waals surface area contributed by atoms with Crippen LogP contribution in [-0.4, -0.2) is 43.6 Å². The van der Waals surface area contributed by atoms with Crippen molar-refractivity contribution in [2.24, 2.45) is 0 Å². The van der Waals surface area contributed by atoms with Crippen molar-refractivity contribution < 1.29 is 14.3 Å². The minimum atomic E-state index is -0.0174. The Balaban J connectivity index is 1.82. The van der Waals surface area contributed by atoms with Gasteiger partial charge in [0.2, 0.25) is 5.91 Å². The van der Waals surface area contributed by atoms with Crippen molar-refractivity contribution in [2.75, 3.05) is 27.8 Å². The first-order chi connectivity index (χ1) is 12.1. The van der Waals surface area contributed by atoms with Gasteiger partial charge in [0.15, 0.2) is 11.5 Å². The Kier molecular flexibility index (Phi) is 7.01. The number of hydrogen-bond acceptors (Lipinski definition) is 4. The zero-order chi connectivity index (χ0) is 18.1. The number of aromatic nitrogens is 1. The molecule has 0 fully saturated rings. The molecule has 0 radical (unpaired) electrons. The molecular formula is C20H24N2O3. The van der Waals surface area contributed by atoms with Crippen molar-refractivity contribution in [1.82, 2.24) is 9.88 Å². The molecule has 0 spiro atoms. The monoisotopic (exact) mass is 340 g/mol. The van der Waals surface area contributed by atoms with Gasteiger partial charge in [-0.15, -0.1) is 0 Å². The highest BCUT2D eigenvalue weighted by Crippen LogP contribution is 2.27. The van der Waals surface area contributed by atoms with E-state index in [4.69, 9.17) is 9.47 Å². The summed E-state index contributed by atoms with van der Waals surface area (Å²) in [5.41, 5.74) is 2.07. The smallest absolute Gasteiger partial charge is 0.246 e. The van der Waals surface area contributed by atoms with Crippen LogP contribution < -0.4 is 9.47 Å². The van der Waals surface area contributed by atoms with E-state index in [1.807, 2.05) is 37.4 Å². The summed E-state index contributed by atoms with van der Waals surface area (Å²) in [4.78, 5) is 17.9. The molecule has 5 heteroatoms. The van der Waals surface area contributed by atoms with Gasteiger partial charge in [-0.1, -0.05) is 12.1 Å². The predicted molar refractivity (Wildman–Crippen MR) is 98.8 cm³/mol. The lowest BCUT2D eigenvalue weighted by atomic mass is 10.1. The first-order valence-corrected chi connectivity index (χ1v) is 8.18.